The predicted octanol–water partition coefficient (Wildman–Crippen LogP) is 2.92. The highest BCUT2D eigenvalue weighted by atomic mass is 35.5. The minimum absolute atomic E-state index is 0.0375. The van der Waals surface area contributed by atoms with E-state index in [0.29, 0.717) is 18.1 Å². The van der Waals surface area contributed by atoms with Crippen LogP contribution in [0.2, 0.25) is 5.02 Å². The number of hydrogen-bond acceptors (Lipinski definition) is 4. The van der Waals surface area contributed by atoms with Crippen LogP contribution in [0.25, 0.3) is 6.08 Å². The molecule has 1 atom stereocenters. The van der Waals surface area contributed by atoms with E-state index >= 15 is 0 Å². The lowest BCUT2D eigenvalue weighted by molar-refractivity contribution is -0.141. The quantitative estimate of drug-likeness (QED) is 0.560. The van der Waals surface area contributed by atoms with Crippen molar-refractivity contribution in [3.05, 3.63) is 40.9 Å². The summed E-state index contributed by atoms with van der Waals surface area (Å²) in [6.07, 6.45) is 5.39. The Hall–Kier alpha value is -1.85. The number of methoxy groups -OCH3 is 1. The third-order valence-corrected chi connectivity index (χ3v) is 4.11. The third-order valence-electron chi connectivity index (χ3n) is 3.86. The first-order chi connectivity index (χ1) is 11.6. The fourth-order valence-electron chi connectivity index (χ4n) is 2.50. The molecule has 0 saturated carbocycles. The summed E-state index contributed by atoms with van der Waals surface area (Å²) in [4.78, 5) is 25.5. The summed E-state index contributed by atoms with van der Waals surface area (Å²) in [7, 11) is 1.34. The van der Waals surface area contributed by atoms with Crippen molar-refractivity contribution in [3.63, 3.8) is 0 Å². The van der Waals surface area contributed by atoms with Gasteiger partial charge in [-0.05, 0) is 36.6 Å². The summed E-state index contributed by atoms with van der Waals surface area (Å²) in [5.41, 5.74) is 0.887. The largest absolute Gasteiger partial charge is 0.469 e. The first-order valence-electron chi connectivity index (χ1n) is 7.99. The van der Waals surface area contributed by atoms with Gasteiger partial charge in [-0.15, -0.1) is 0 Å². The molecule has 1 aromatic carbocycles. The van der Waals surface area contributed by atoms with Gasteiger partial charge in [-0.3, -0.25) is 9.59 Å². The number of nitrogens with zero attached hydrogens (tertiary/aromatic N) is 1. The Labute approximate surface area is 147 Å². The molecule has 0 radical (unpaired) electrons. The highest BCUT2D eigenvalue weighted by molar-refractivity contribution is 6.30. The molecule has 1 heterocycles. The molecule has 0 aliphatic carbocycles. The van der Waals surface area contributed by atoms with E-state index in [4.69, 9.17) is 16.3 Å². The number of esters is 1. The number of amides is 1. The van der Waals surface area contributed by atoms with Gasteiger partial charge in [0.05, 0.1) is 19.6 Å². The summed E-state index contributed by atoms with van der Waals surface area (Å²) < 4.78 is 10.2. The van der Waals surface area contributed by atoms with Gasteiger partial charge in [0.1, 0.15) is 0 Å². The van der Waals surface area contributed by atoms with Crippen molar-refractivity contribution in [3.8, 4) is 0 Å². The van der Waals surface area contributed by atoms with Crippen molar-refractivity contribution in [2.45, 2.75) is 25.4 Å². The Balaban J connectivity index is 1.98. The second-order valence-corrected chi connectivity index (χ2v) is 6.07. The van der Waals surface area contributed by atoms with Gasteiger partial charge in [0.25, 0.3) is 0 Å². The average Bonchev–Trinajstić information content (AvgIpc) is 3.10. The molecule has 1 aromatic rings. The van der Waals surface area contributed by atoms with E-state index in [-0.39, 0.29) is 24.4 Å². The molecule has 2 rings (SSSR count). The number of hydrogen-bond donors (Lipinski definition) is 0. The van der Waals surface area contributed by atoms with Crippen LogP contribution in [0.15, 0.2) is 30.3 Å². The predicted molar refractivity (Wildman–Crippen MR) is 92.7 cm³/mol. The van der Waals surface area contributed by atoms with Crippen LogP contribution < -0.4 is 0 Å². The second-order valence-electron chi connectivity index (χ2n) is 5.63. The first-order valence-corrected chi connectivity index (χ1v) is 8.37. The highest BCUT2D eigenvalue weighted by Gasteiger charge is 2.22. The molecular weight excluding hydrogens is 330 g/mol. The SMILES string of the molecule is COC(=O)CCN(CC1CCCO1)C(=O)C=Cc1ccc(Cl)cc1. The fourth-order valence-corrected chi connectivity index (χ4v) is 2.63. The molecule has 0 N–H and O–H groups in total. The molecule has 1 aliphatic heterocycles. The van der Waals surface area contributed by atoms with Gasteiger partial charge in [0, 0.05) is 30.8 Å². The van der Waals surface area contributed by atoms with Crippen molar-refractivity contribution < 1.29 is 19.1 Å². The van der Waals surface area contributed by atoms with Gasteiger partial charge in [0.2, 0.25) is 5.91 Å². The molecule has 6 heteroatoms. The van der Waals surface area contributed by atoms with Crippen LogP contribution in [0, 0.1) is 0 Å². The van der Waals surface area contributed by atoms with Crippen LogP contribution >= 0.6 is 11.6 Å². The van der Waals surface area contributed by atoms with E-state index < -0.39 is 0 Å². The maximum Gasteiger partial charge on any atom is 0.307 e. The molecule has 5 nitrogen and oxygen atoms in total. The van der Waals surface area contributed by atoms with E-state index in [1.807, 2.05) is 12.1 Å². The zero-order chi connectivity index (χ0) is 17.4. The van der Waals surface area contributed by atoms with E-state index in [1.54, 1.807) is 23.1 Å². The molecule has 0 spiro atoms. The molecule has 1 aliphatic rings. The van der Waals surface area contributed by atoms with Crippen molar-refractivity contribution >= 4 is 29.6 Å². The Morgan fingerprint density at radius 1 is 1.38 bits per heavy atom. The molecule has 0 bridgehead atoms. The minimum atomic E-state index is -0.332. The van der Waals surface area contributed by atoms with Gasteiger partial charge in [-0.25, -0.2) is 0 Å². The molecular formula is C18H22ClNO4. The third kappa shape index (κ3) is 5.98. The summed E-state index contributed by atoms with van der Waals surface area (Å²) in [5.74, 6) is -0.480. The number of ether oxygens (including phenoxy) is 2. The molecule has 1 saturated heterocycles. The molecule has 0 aromatic heterocycles. The van der Waals surface area contributed by atoms with Gasteiger partial charge >= 0.3 is 5.97 Å². The summed E-state index contributed by atoms with van der Waals surface area (Å²) in [6.45, 7) is 1.53. The highest BCUT2D eigenvalue weighted by Crippen LogP contribution is 2.15. The van der Waals surface area contributed by atoms with E-state index in [1.165, 1.54) is 13.2 Å². The van der Waals surface area contributed by atoms with Crippen LogP contribution in [0.3, 0.4) is 0 Å². The molecule has 24 heavy (non-hydrogen) atoms. The lowest BCUT2D eigenvalue weighted by atomic mass is 10.2. The number of carbonyl (C=O) groups excluding carboxylic acids is 2. The van der Waals surface area contributed by atoms with Crippen LogP contribution in [-0.4, -0.2) is 49.7 Å². The van der Waals surface area contributed by atoms with Crippen molar-refractivity contribution in [1.82, 2.24) is 4.90 Å². The molecule has 130 valence electrons. The van der Waals surface area contributed by atoms with Gasteiger partial charge in [-0.2, -0.15) is 0 Å². The lowest BCUT2D eigenvalue weighted by Gasteiger charge is -2.24. The van der Waals surface area contributed by atoms with Crippen LogP contribution in [0.4, 0.5) is 0 Å². The number of halogens is 1. The van der Waals surface area contributed by atoms with Crippen LogP contribution in [0.1, 0.15) is 24.8 Å². The minimum Gasteiger partial charge on any atom is -0.469 e. The van der Waals surface area contributed by atoms with Crippen molar-refractivity contribution in [1.29, 1.82) is 0 Å². The molecule has 1 fully saturated rings. The summed E-state index contributed by atoms with van der Waals surface area (Å²) in [5, 5.41) is 0.650. The van der Waals surface area contributed by atoms with Crippen LogP contribution in [0.5, 0.6) is 0 Å². The zero-order valence-electron chi connectivity index (χ0n) is 13.7. The standard InChI is InChI=1S/C18H22ClNO4/c1-23-18(22)10-11-20(13-16-3-2-12-24-16)17(21)9-6-14-4-7-15(19)8-5-14/h4-9,16H,2-3,10-13H2,1H3. The van der Waals surface area contributed by atoms with Crippen LogP contribution in [-0.2, 0) is 19.1 Å². The summed E-state index contributed by atoms with van der Waals surface area (Å²) >= 11 is 5.85. The number of rotatable bonds is 7. The maximum absolute atomic E-state index is 12.5. The molecule has 1 unspecified atom stereocenters. The van der Waals surface area contributed by atoms with Crippen molar-refractivity contribution in [2.24, 2.45) is 0 Å². The molecule has 1 amide bonds. The monoisotopic (exact) mass is 351 g/mol. The maximum atomic E-state index is 12.5. The zero-order valence-corrected chi connectivity index (χ0v) is 14.5. The number of carbonyl (C=O) groups is 2. The first kappa shape index (κ1) is 18.5. The Bertz CT molecular complexity index is 579. The van der Waals surface area contributed by atoms with E-state index in [2.05, 4.69) is 4.74 Å². The number of benzene rings is 1. The van der Waals surface area contributed by atoms with Gasteiger partial charge in [-0.1, -0.05) is 23.7 Å². The van der Waals surface area contributed by atoms with E-state index in [9.17, 15) is 9.59 Å². The topological polar surface area (TPSA) is 55.8 Å². The smallest absolute Gasteiger partial charge is 0.307 e. The van der Waals surface area contributed by atoms with Gasteiger partial charge in [0.15, 0.2) is 0 Å². The summed E-state index contributed by atoms with van der Waals surface area (Å²) in [6, 6.07) is 7.22. The second kappa shape index (κ2) is 9.45. The Kier molecular flexibility index (Phi) is 7.28. The Morgan fingerprint density at radius 2 is 2.12 bits per heavy atom. The Morgan fingerprint density at radius 3 is 2.75 bits per heavy atom. The van der Waals surface area contributed by atoms with Crippen molar-refractivity contribution in [2.75, 3.05) is 26.8 Å². The lowest BCUT2D eigenvalue weighted by Crippen LogP contribution is -2.37. The fraction of sp³-hybridized carbons (Fsp3) is 0.444. The van der Waals surface area contributed by atoms with E-state index in [0.717, 1.165) is 25.0 Å². The average molecular weight is 352 g/mol. The normalized spacial score (nSPS) is 17.2. The van der Waals surface area contributed by atoms with Gasteiger partial charge < -0.3 is 14.4 Å².